The summed E-state index contributed by atoms with van der Waals surface area (Å²) >= 11 is 9.51. The van der Waals surface area contributed by atoms with Gasteiger partial charge in [0, 0.05) is 10.9 Å². The Labute approximate surface area is 126 Å². The van der Waals surface area contributed by atoms with Crippen LogP contribution in [-0.2, 0) is 16.7 Å². The first-order valence-corrected chi connectivity index (χ1v) is 7.39. The van der Waals surface area contributed by atoms with E-state index >= 15 is 0 Å². The van der Waals surface area contributed by atoms with Crippen LogP contribution >= 0.6 is 27.5 Å². The van der Waals surface area contributed by atoms with Crippen molar-refractivity contribution >= 4 is 27.5 Å². The smallest absolute Gasteiger partial charge is 0.189 e. The molecule has 0 unspecified atom stereocenters. The van der Waals surface area contributed by atoms with Gasteiger partial charge < -0.3 is 9.47 Å². The van der Waals surface area contributed by atoms with Crippen molar-refractivity contribution in [2.24, 2.45) is 0 Å². The van der Waals surface area contributed by atoms with E-state index in [-0.39, 0.29) is 6.79 Å². The molecule has 0 fully saturated rings. The predicted octanol–water partition coefficient (Wildman–Crippen LogP) is 4.79. The molecule has 2 aromatic carbocycles. The topological polar surface area (TPSA) is 18.5 Å². The molecule has 0 heterocycles. The molecule has 0 amide bonds. The second kappa shape index (κ2) is 7.53. The number of halogens is 2. The molecule has 2 aromatic rings. The molecule has 0 saturated heterocycles. The fourth-order valence-electron chi connectivity index (χ4n) is 1.65. The lowest BCUT2D eigenvalue weighted by Crippen LogP contribution is -2.04. The van der Waals surface area contributed by atoms with E-state index in [0.29, 0.717) is 22.7 Å². The summed E-state index contributed by atoms with van der Waals surface area (Å²) in [6.45, 7) is 0.702. The predicted molar refractivity (Wildman–Crippen MR) is 80.8 cm³/mol. The van der Waals surface area contributed by atoms with E-state index < -0.39 is 0 Å². The van der Waals surface area contributed by atoms with Crippen molar-refractivity contribution in [3.05, 3.63) is 64.7 Å². The Hall–Kier alpha value is -1.03. The van der Waals surface area contributed by atoms with E-state index in [4.69, 9.17) is 21.1 Å². The molecule has 0 atom stereocenters. The van der Waals surface area contributed by atoms with Crippen LogP contribution in [0.5, 0.6) is 5.75 Å². The number of rotatable bonds is 6. The highest BCUT2D eigenvalue weighted by Gasteiger charge is 2.07. The van der Waals surface area contributed by atoms with Crippen LogP contribution < -0.4 is 4.74 Å². The van der Waals surface area contributed by atoms with Crippen molar-refractivity contribution in [1.82, 2.24) is 0 Å². The maximum atomic E-state index is 6.10. The van der Waals surface area contributed by atoms with Crippen LogP contribution in [0.15, 0.2) is 48.5 Å². The highest BCUT2D eigenvalue weighted by atomic mass is 79.9. The molecule has 0 saturated carbocycles. The average molecular weight is 342 g/mol. The van der Waals surface area contributed by atoms with Crippen LogP contribution in [0.3, 0.4) is 0 Å². The van der Waals surface area contributed by atoms with Gasteiger partial charge in [0.15, 0.2) is 6.79 Å². The highest BCUT2D eigenvalue weighted by molar-refractivity contribution is 9.08. The first kappa shape index (κ1) is 14.4. The Morgan fingerprint density at radius 2 is 1.79 bits per heavy atom. The van der Waals surface area contributed by atoms with Gasteiger partial charge >= 0.3 is 0 Å². The van der Waals surface area contributed by atoms with Crippen LogP contribution in [-0.4, -0.2) is 6.79 Å². The number of hydrogen-bond donors (Lipinski definition) is 0. The molecule has 0 aromatic heterocycles. The molecule has 0 aliphatic carbocycles. The van der Waals surface area contributed by atoms with Gasteiger partial charge in [-0.15, -0.1) is 0 Å². The van der Waals surface area contributed by atoms with Gasteiger partial charge in [0.2, 0.25) is 0 Å². The molecular weight excluding hydrogens is 328 g/mol. The standard InChI is InChI=1S/C15H14BrClO2/c16-9-13-7-4-8-14(17)15(13)19-11-18-10-12-5-2-1-3-6-12/h1-8H,9-11H2. The highest BCUT2D eigenvalue weighted by Crippen LogP contribution is 2.30. The van der Waals surface area contributed by atoms with Gasteiger partial charge in [-0.05, 0) is 11.6 Å². The number of alkyl halides is 1. The molecule has 4 heteroatoms. The van der Waals surface area contributed by atoms with E-state index in [9.17, 15) is 0 Å². The second-order valence-corrected chi connectivity index (χ2v) is 4.93. The zero-order valence-electron chi connectivity index (χ0n) is 10.3. The first-order chi connectivity index (χ1) is 9.31. The summed E-state index contributed by atoms with van der Waals surface area (Å²) in [5, 5.41) is 1.29. The summed E-state index contributed by atoms with van der Waals surface area (Å²) in [6, 6.07) is 15.6. The minimum Gasteiger partial charge on any atom is -0.466 e. The van der Waals surface area contributed by atoms with E-state index in [0.717, 1.165) is 11.1 Å². The molecular formula is C15H14BrClO2. The summed E-state index contributed by atoms with van der Waals surface area (Å²) in [7, 11) is 0. The zero-order valence-corrected chi connectivity index (χ0v) is 12.7. The largest absolute Gasteiger partial charge is 0.466 e. The number of benzene rings is 2. The summed E-state index contributed by atoms with van der Waals surface area (Å²) in [4.78, 5) is 0. The van der Waals surface area contributed by atoms with Crippen molar-refractivity contribution in [1.29, 1.82) is 0 Å². The molecule has 19 heavy (non-hydrogen) atoms. The minimum atomic E-state index is 0.179. The van der Waals surface area contributed by atoms with Crippen molar-refractivity contribution in [2.45, 2.75) is 11.9 Å². The zero-order chi connectivity index (χ0) is 13.5. The van der Waals surface area contributed by atoms with Crippen LogP contribution in [0.1, 0.15) is 11.1 Å². The maximum Gasteiger partial charge on any atom is 0.189 e. The van der Waals surface area contributed by atoms with Crippen molar-refractivity contribution in [3.8, 4) is 5.75 Å². The Bertz CT molecular complexity index is 517. The molecule has 2 nitrogen and oxygen atoms in total. The van der Waals surface area contributed by atoms with Gasteiger partial charge in [-0.1, -0.05) is 70.0 Å². The SMILES string of the molecule is Clc1cccc(CBr)c1OCOCc1ccccc1. The molecule has 100 valence electrons. The molecule has 2 rings (SSSR count). The molecule has 0 aliphatic heterocycles. The van der Waals surface area contributed by atoms with Crippen molar-refractivity contribution in [3.63, 3.8) is 0 Å². The summed E-state index contributed by atoms with van der Waals surface area (Å²) in [6.07, 6.45) is 0. The summed E-state index contributed by atoms with van der Waals surface area (Å²) in [5.41, 5.74) is 2.13. The minimum absolute atomic E-state index is 0.179. The lowest BCUT2D eigenvalue weighted by Gasteiger charge is -2.12. The Kier molecular flexibility index (Phi) is 5.70. The Morgan fingerprint density at radius 1 is 1.00 bits per heavy atom. The first-order valence-electron chi connectivity index (χ1n) is 5.89. The van der Waals surface area contributed by atoms with E-state index in [1.54, 1.807) is 6.07 Å². The van der Waals surface area contributed by atoms with Gasteiger partial charge in [0.1, 0.15) is 5.75 Å². The van der Waals surface area contributed by atoms with Gasteiger partial charge in [0.25, 0.3) is 0 Å². The molecule has 0 radical (unpaired) electrons. The van der Waals surface area contributed by atoms with Gasteiger partial charge in [-0.25, -0.2) is 0 Å². The van der Waals surface area contributed by atoms with Gasteiger partial charge in [-0.2, -0.15) is 0 Å². The second-order valence-electron chi connectivity index (χ2n) is 3.96. The maximum absolute atomic E-state index is 6.10. The van der Waals surface area contributed by atoms with Crippen LogP contribution in [0.2, 0.25) is 5.02 Å². The fraction of sp³-hybridized carbons (Fsp3) is 0.200. The van der Waals surface area contributed by atoms with Gasteiger partial charge in [-0.3, -0.25) is 0 Å². The number of ether oxygens (including phenoxy) is 2. The molecule has 0 aliphatic rings. The number of hydrogen-bond acceptors (Lipinski definition) is 2. The molecule has 0 bridgehead atoms. The van der Waals surface area contributed by atoms with E-state index in [2.05, 4.69) is 15.9 Å². The van der Waals surface area contributed by atoms with Crippen LogP contribution in [0.25, 0.3) is 0 Å². The Balaban J connectivity index is 1.86. The normalized spacial score (nSPS) is 10.4. The van der Waals surface area contributed by atoms with E-state index in [1.807, 2.05) is 42.5 Å². The van der Waals surface area contributed by atoms with Crippen LogP contribution in [0, 0.1) is 0 Å². The quantitative estimate of drug-likeness (QED) is 0.427. The monoisotopic (exact) mass is 340 g/mol. The summed E-state index contributed by atoms with van der Waals surface area (Å²) in [5.74, 6) is 0.675. The Morgan fingerprint density at radius 3 is 2.53 bits per heavy atom. The summed E-state index contributed by atoms with van der Waals surface area (Å²) < 4.78 is 11.1. The van der Waals surface area contributed by atoms with Crippen molar-refractivity contribution < 1.29 is 9.47 Å². The third kappa shape index (κ3) is 4.23. The lowest BCUT2D eigenvalue weighted by molar-refractivity contribution is 0.00471. The average Bonchev–Trinajstić information content (AvgIpc) is 2.46. The van der Waals surface area contributed by atoms with Crippen molar-refractivity contribution in [2.75, 3.05) is 6.79 Å². The van der Waals surface area contributed by atoms with Crippen LogP contribution in [0.4, 0.5) is 0 Å². The molecule has 0 N–H and O–H groups in total. The van der Waals surface area contributed by atoms with E-state index in [1.165, 1.54) is 0 Å². The third-order valence-electron chi connectivity index (χ3n) is 2.59. The van der Waals surface area contributed by atoms with Gasteiger partial charge in [0.05, 0.1) is 11.6 Å². The molecule has 0 spiro atoms. The lowest BCUT2D eigenvalue weighted by atomic mass is 10.2. The fourth-order valence-corrected chi connectivity index (χ4v) is 2.34. The third-order valence-corrected chi connectivity index (χ3v) is 3.49. The number of para-hydroxylation sites is 1.